The highest BCUT2D eigenvalue weighted by molar-refractivity contribution is 7.99. The maximum Gasteiger partial charge on any atom is 0.117 e. The molecule has 1 aromatic heterocycles. The largest absolute Gasteiger partial charge is 0.468 e. The summed E-state index contributed by atoms with van der Waals surface area (Å²) in [6.45, 7) is 8.51. The van der Waals surface area contributed by atoms with Crippen LogP contribution in [0.5, 0.6) is 0 Å². The van der Waals surface area contributed by atoms with Crippen LogP contribution >= 0.6 is 11.8 Å². The van der Waals surface area contributed by atoms with Gasteiger partial charge in [-0.25, -0.2) is 0 Å². The van der Waals surface area contributed by atoms with Crippen LogP contribution in [0.4, 0.5) is 0 Å². The topological polar surface area (TPSA) is 25.2 Å². The Bertz CT molecular complexity index is 497. The minimum atomic E-state index is 0.230. The highest BCUT2D eigenvalue weighted by atomic mass is 32.2. The van der Waals surface area contributed by atoms with E-state index in [0.29, 0.717) is 0 Å². The third-order valence-electron chi connectivity index (χ3n) is 3.15. The van der Waals surface area contributed by atoms with Gasteiger partial charge in [-0.05, 0) is 35.2 Å². The number of hydrogen-bond acceptors (Lipinski definition) is 3. The Morgan fingerprint density at radius 3 is 2.45 bits per heavy atom. The van der Waals surface area contributed by atoms with Crippen molar-refractivity contribution in [1.29, 1.82) is 0 Å². The molecular formula is C17H23NOS. The summed E-state index contributed by atoms with van der Waals surface area (Å²) < 4.78 is 5.27. The van der Waals surface area contributed by atoms with Gasteiger partial charge in [0.15, 0.2) is 0 Å². The minimum Gasteiger partial charge on any atom is -0.468 e. The van der Waals surface area contributed by atoms with Crippen molar-refractivity contribution in [2.24, 2.45) is 0 Å². The monoisotopic (exact) mass is 289 g/mol. The van der Waals surface area contributed by atoms with Crippen molar-refractivity contribution >= 4 is 11.8 Å². The van der Waals surface area contributed by atoms with Crippen molar-refractivity contribution in [1.82, 2.24) is 5.32 Å². The lowest BCUT2D eigenvalue weighted by atomic mass is 9.87. The van der Waals surface area contributed by atoms with Crippen molar-refractivity contribution < 1.29 is 4.42 Å². The third kappa shape index (κ3) is 4.73. The van der Waals surface area contributed by atoms with Crippen LogP contribution in [0.3, 0.4) is 0 Å². The standard InChI is InChI=1S/C17H23NOS/c1-17(2,3)14-6-8-16(9-7-14)20-12-10-18-13-15-5-4-11-19-15/h4-9,11,18H,10,12-13H2,1-3H3. The fourth-order valence-corrected chi connectivity index (χ4v) is 2.73. The molecule has 0 saturated heterocycles. The van der Waals surface area contributed by atoms with Gasteiger partial charge in [0.05, 0.1) is 12.8 Å². The fraction of sp³-hybridized carbons (Fsp3) is 0.412. The second-order valence-electron chi connectivity index (χ2n) is 5.88. The molecule has 1 N–H and O–H groups in total. The van der Waals surface area contributed by atoms with Gasteiger partial charge in [0.2, 0.25) is 0 Å². The summed E-state index contributed by atoms with van der Waals surface area (Å²) in [5.74, 6) is 2.06. The Labute approximate surface area is 126 Å². The second kappa shape index (κ2) is 7.00. The number of thioether (sulfide) groups is 1. The van der Waals surface area contributed by atoms with Crippen LogP contribution in [0.15, 0.2) is 52.0 Å². The van der Waals surface area contributed by atoms with Gasteiger partial charge < -0.3 is 9.73 Å². The summed E-state index contributed by atoms with van der Waals surface area (Å²) in [4.78, 5) is 1.33. The first kappa shape index (κ1) is 15.2. The maximum absolute atomic E-state index is 5.27. The van der Waals surface area contributed by atoms with E-state index < -0.39 is 0 Å². The number of nitrogens with one attached hydrogen (secondary N) is 1. The molecule has 2 rings (SSSR count). The van der Waals surface area contributed by atoms with E-state index in [2.05, 4.69) is 50.4 Å². The van der Waals surface area contributed by atoms with E-state index in [0.717, 1.165) is 24.6 Å². The molecule has 2 aromatic rings. The van der Waals surface area contributed by atoms with Crippen LogP contribution in [0.1, 0.15) is 32.1 Å². The normalized spacial score (nSPS) is 11.8. The van der Waals surface area contributed by atoms with E-state index in [1.807, 2.05) is 23.9 Å². The average molecular weight is 289 g/mol. The molecule has 1 aromatic carbocycles. The molecule has 0 amide bonds. The number of furan rings is 1. The summed E-state index contributed by atoms with van der Waals surface area (Å²) in [5.41, 5.74) is 1.62. The van der Waals surface area contributed by atoms with Gasteiger partial charge in [-0.15, -0.1) is 11.8 Å². The van der Waals surface area contributed by atoms with Crippen molar-refractivity contribution in [3.8, 4) is 0 Å². The third-order valence-corrected chi connectivity index (χ3v) is 4.16. The van der Waals surface area contributed by atoms with E-state index >= 15 is 0 Å². The minimum absolute atomic E-state index is 0.230. The van der Waals surface area contributed by atoms with Gasteiger partial charge in [0.1, 0.15) is 5.76 Å². The zero-order chi connectivity index (χ0) is 14.4. The Kier molecular flexibility index (Phi) is 5.32. The molecule has 0 aliphatic carbocycles. The molecule has 2 nitrogen and oxygen atoms in total. The molecule has 0 bridgehead atoms. The molecule has 0 fully saturated rings. The van der Waals surface area contributed by atoms with Crippen LogP contribution < -0.4 is 5.32 Å². The Morgan fingerprint density at radius 1 is 1.10 bits per heavy atom. The van der Waals surface area contributed by atoms with Gasteiger partial charge in [0, 0.05) is 17.2 Å². The van der Waals surface area contributed by atoms with Crippen LogP contribution in [-0.2, 0) is 12.0 Å². The molecule has 108 valence electrons. The van der Waals surface area contributed by atoms with Gasteiger partial charge >= 0.3 is 0 Å². The highest BCUT2D eigenvalue weighted by Gasteiger charge is 2.12. The lowest BCUT2D eigenvalue weighted by molar-refractivity contribution is 0.488. The molecule has 0 radical (unpaired) electrons. The van der Waals surface area contributed by atoms with Gasteiger partial charge in [-0.3, -0.25) is 0 Å². The number of rotatable bonds is 6. The molecule has 0 saturated carbocycles. The van der Waals surface area contributed by atoms with Crippen molar-refractivity contribution in [3.05, 3.63) is 54.0 Å². The fourth-order valence-electron chi connectivity index (χ4n) is 1.92. The summed E-state index contributed by atoms with van der Waals surface area (Å²) in [7, 11) is 0. The van der Waals surface area contributed by atoms with E-state index in [4.69, 9.17) is 4.42 Å². The summed E-state index contributed by atoms with van der Waals surface area (Å²) in [5, 5.41) is 3.38. The zero-order valence-electron chi connectivity index (χ0n) is 12.5. The maximum atomic E-state index is 5.27. The number of benzene rings is 1. The van der Waals surface area contributed by atoms with Crippen molar-refractivity contribution in [2.75, 3.05) is 12.3 Å². The molecule has 3 heteroatoms. The van der Waals surface area contributed by atoms with E-state index in [9.17, 15) is 0 Å². The van der Waals surface area contributed by atoms with Crippen molar-refractivity contribution in [3.63, 3.8) is 0 Å². The first-order valence-electron chi connectivity index (χ1n) is 7.02. The molecule has 0 spiro atoms. The van der Waals surface area contributed by atoms with E-state index in [-0.39, 0.29) is 5.41 Å². The van der Waals surface area contributed by atoms with Crippen molar-refractivity contribution in [2.45, 2.75) is 37.6 Å². The van der Waals surface area contributed by atoms with Gasteiger partial charge in [-0.1, -0.05) is 32.9 Å². The SMILES string of the molecule is CC(C)(C)c1ccc(SCCNCc2ccco2)cc1. The predicted molar refractivity (Wildman–Crippen MR) is 86.3 cm³/mol. The Morgan fingerprint density at radius 2 is 1.85 bits per heavy atom. The summed E-state index contributed by atoms with van der Waals surface area (Å²) in [6.07, 6.45) is 1.71. The molecular weight excluding hydrogens is 266 g/mol. The molecule has 20 heavy (non-hydrogen) atoms. The molecule has 0 unspecified atom stereocenters. The van der Waals surface area contributed by atoms with Crippen LogP contribution in [0, 0.1) is 0 Å². The van der Waals surface area contributed by atoms with Gasteiger partial charge in [-0.2, -0.15) is 0 Å². The first-order valence-corrected chi connectivity index (χ1v) is 8.01. The molecule has 0 aliphatic rings. The number of hydrogen-bond donors (Lipinski definition) is 1. The van der Waals surface area contributed by atoms with Crippen LogP contribution in [-0.4, -0.2) is 12.3 Å². The smallest absolute Gasteiger partial charge is 0.117 e. The molecule has 0 atom stereocenters. The predicted octanol–water partition coefficient (Wildman–Crippen LogP) is 4.46. The van der Waals surface area contributed by atoms with E-state index in [1.165, 1.54) is 10.5 Å². The lowest BCUT2D eigenvalue weighted by Gasteiger charge is -2.19. The summed E-state index contributed by atoms with van der Waals surface area (Å²) in [6, 6.07) is 12.8. The van der Waals surface area contributed by atoms with Crippen LogP contribution in [0.2, 0.25) is 0 Å². The van der Waals surface area contributed by atoms with Gasteiger partial charge in [0.25, 0.3) is 0 Å². The lowest BCUT2D eigenvalue weighted by Crippen LogP contribution is -2.16. The molecule has 1 heterocycles. The quantitative estimate of drug-likeness (QED) is 0.628. The zero-order valence-corrected chi connectivity index (χ0v) is 13.3. The Balaban J connectivity index is 1.69. The van der Waals surface area contributed by atoms with E-state index in [1.54, 1.807) is 6.26 Å². The first-order chi connectivity index (χ1) is 9.55. The average Bonchev–Trinajstić information content (AvgIpc) is 2.91. The Hall–Kier alpha value is -1.19. The second-order valence-corrected chi connectivity index (χ2v) is 7.05. The van der Waals surface area contributed by atoms with Crippen LogP contribution in [0.25, 0.3) is 0 Å². The molecule has 0 aliphatic heterocycles. The highest BCUT2D eigenvalue weighted by Crippen LogP contribution is 2.25. The summed E-state index contributed by atoms with van der Waals surface area (Å²) >= 11 is 1.88.